The number of hydrogen-bond donors (Lipinski definition) is 2. The maximum absolute atomic E-state index is 10.5. The molecule has 2 N–H and O–H groups in total. The molecular formula is C14H15N3O2S. The first kappa shape index (κ1) is 13.1. The van der Waals surface area contributed by atoms with Crippen molar-refractivity contribution in [1.29, 1.82) is 0 Å². The van der Waals surface area contributed by atoms with Crippen LogP contribution in [0.2, 0.25) is 0 Å². The SMILES string of the molecule is Cc1ccc(C(C)(O)CNc2ncnc3sccc23)o1. The summed E-state index contributed by atoms with van der Waals surface area (Å²) < 4.78 is 5.49. The Morgan fingerprint density at radius 2 is 2.20 bits per heavy atom. The van der Waals surface area contributed by atoms with Gasteiger partial charge in [-0.25, -0.2) is 9.97 Å². The molecule has 3 aromatic rings. The number of fused-ring (bicyclic) bond motifs is 1. The molecule has 0 aliphatic carbocycles. The van der Waals surface area contributed by atoms with Gasteiger partial charge in [0.2, 0.25) is 0 Å². The van der Waals surface area contributed by atoms with Gasteiger partial charge in [-0.05, 0) is 37.4 Å². The van der Waals surface area contributed by atoms with Gasteiger partial charge >= 0.3 is 0 Å². The van der Waals surface area contributed by atoms with Crippen LogP contribution in [0.1, 0.15) is 18.4 Å². The summed E-state index contributed by atoms with van der Waals surface area (Å²) in [6.45, 7) is 3.87. The lowest BCUT2D eigenvalue weighted by Crippen LogP contribution is -2.30. The van der Waals surface area contributed by atoms with Gasteiger partial charge < -0.3 is 14.8 Å². The predicted molar refractivity (Wildman–Crippen MR) is 78.9 cm³/mol. The second-order valence-electron chi connectivity index (χ2n) is 4.90. The highest BCUT2D eigenvalue weighted by Crippen LogP contribution is 2.26. The van der Waals surface area contributed by atoms with Crippen LogP contribution in [-0.4, -0.2) is 21.6 Å². The van der Waals surface area contributed by atoms with Gasteiger partial charge in [-0.2, -0.15) is 0 Å². The summed E-state index contributed by atoms with van der Waals surface area (Å²) >= 11 is 1.56. The van der Waals surface area contributed by atoms with Gasteiger partial charge in [0, 0.05) is 0 Å². The molecule has 3 heterocycles. The number of furan rings is 1. The topological polar surface area (TPSA) is 71.2 Å². The minimum Gasteiger partial charge on any atom is -0.463 e. The molecule has 3 aromatic heterocycles. The second kappa shape index (κ2) is 4.88. The van der Waals surface area contributed by atoms with E-state index in [1.807, 2.05) is 24.4 Å². The van der Waals surface area contributed by atoms with Gasteiger partial charge in [-0.15, -0.1) is 11.3 Å². The van der Waals surface area contributed by atoms with Crippen LogP contribution in [0.25, 0.3) is 10.2 Å². The minimum absolute atomic E-state index is 0.307. The summed E-state index contributed by atoms with van der Waals surface area (Å²) in [5.41, 5.74) is -1.10. The van der Waals surface area contributed by atoms with Gasteiger partial charge in [-0.1, -0.05) is 0 Å². The smallest absolute Gasteiger partial charge is 0.138 e. The summed E-state index contributed by atoms with van der Waals surface area (Å²) in [6.07, 6.45) is 1.52. The van der Waals surface area contributed by atoms with Crippen molar-refractivity contribution in [3.63, 3.8) is 0 Å². The lowest BCUT2D eigenvalue weighted by atomic mass is 10.0. The van der Waals surface area contributed by atoms with E-state index in [-0.39, 0.29) is 0 Å². The molecule has 1 unspecified atom stereocenters. The zero-order valence-electron chi connectivity index (χ0n) is 11.3. The summed E-state index contributed by atoms with van der Waals surface area (Å²) in [6, 6.07) is 5.59. The molecule has 0 saturated heterocycles. The van der Waals surface area contributed by atoms with Crippen LogP contribution in [0.5, 0.6) is 0 Å². The van der Waals surface area contributed by atoms with Crippen LogP contribution in [0.3, 0.4) is 0 Å². The fraction of sp³-hybridized carbons (Fsp3) is 0.286. The molecule has 0 aliphatic rings. The maximum atomic E-state index is 10.5. The van der Waals surface area contributed by atoms with Crippen molar-refractivity contribution >= 4 is 27.4 Å². The van der Waals surface area contributed by atoms with E-state index in [2.05, 4.69) is 15.3 Å². The van der Waals surface area contributed by atoms with E-state index in [0.717, 1.165) is 21.8 Å². The van der Waals surface area contributed by atoms with E-state index in [1.54, 1.807) is 24.3 Å². The molecule has 0 aromatic carbocycles. The number of aryl methyl sites for hydroxylation is 1. The Balaban J connectivity index is 1.80. The molecule has 104 valence electrons. The summed E-state index contributed by atoms with van der Waals surface area (Å²) in [5.74, 6) is 2.04. The monoisotopic (exact) mass is 289 g/mol. The number of rotatable bonds is 4. The van der Waals surface area contributed by atoms with Gasteiger partial charge in [0.05, 0.1) is 11.9 Å². The highest BCUT2D eigenvalue weighted by Gasteiger charge is 2.27. The van der Waals surface area contributed by atoms with E-state index in [4.69, 9.17) is 4.42 Å². The average molecular weight is 289 g/mol. The molecule has 5 nitrogen and oxygen atoms in total. The van der Waals surface area contributed by atoms with Crippen LogP contribution in [0.4, 0.5) is 5.82 Å². The fourth-order valence-electron chi connectivity index (χ4n) is 2.00. The quantitative estimate of drug-likeness (QED) is 0.772. The van der Waals surface area contributed by atoms with E-state index < -0.39 is 5.60 Å². The van der Waals surface area contributed by atoms with Crippen LogP contribution in [-0.2, 0) is 5.60 Å². The van der Waals surface area contributed by atoms with Crippen molar-refractivity contribution in [3.8, 4) is 0 Å². The van der Waals surface area contributed by atoms with Crippen molar-refractivity contribution < 1.29 is 9.52 Å². The van der Waals surface area contributed by atoms with Gasteiger partial charge in [-0.3, -0.25) is 0 Å². The number of aromatic nitrogens is 2. The molecule has 6 heteroatoms. The highest BCUT2D eigenvalue weighted by molar-refractivity contribution is 7.16. The van der Waals surface area contributed by atoms with Crippen molar-refractivity contribution in [2.45, 2.75) is 19.4 Å². The minimum atomic E-state index is -1.10. The van der Waals surface area contributed by atoms with Crippen LogP contribution >= 0.6 is 11.3 Å². The predicted octanol–water partition coefficient (Wildman–Crippen LogP) is 2.91. The molecule has 0 fully saturated rings. The molecule has 0 radical (unpaired) electrons. The Hall–Kier alpha value is -1.92. The normalized spacial score (nSPS) is 14.3. The van der Waals surface area contributed by atoms with E-state index in [9.17, 15) is 5.11 Å². The molecule has 0 bridgehead atoms. The van der Waals surface area contributed by atoms with Crippen LogP contribution in [0, 0.1) is 6.92 Å². The van der Waals surface area contributed by atoms with Crippen LogP contribution < -0.4 is 5.32 Å². The number of anilines is 1. The number of hydrogen-bond acceptors (Lipinski definition) is 6. The molecular weight excluding hydrogens is 274 g/mol. The van der Waals surface area contributed by atoms with Gasteiger partial charge in [0.1, 0.15) is 34.1 Å². The number of nitrogens with zero attached hydrogens (tertiary/aromatic N) is 2. The molecule has 0 aliphatic heterocycles. The number of thiophene rings is 1. The zero-order valence-corrected chi connectivity index (χ0v) is 12.1. The number of aliphatic hydroxyl groups is 1. The molecule has 20 heavy (non-hydrogen) atoms. The van der Waals surface area contributed by atoms with E-state index >= 15 is 0 Å². The first-order chi connectivity index (χ1) is 9.56. The average Bonchev–Trinajstić information content (AvgIpc) is 3.05. The lowest BCUT2D eigenvalue weighted by Gasteiger charge is -2.21. The first-order valence-corrected chi connectivity index (χ1v) is 7.15. The van der Waals surface area contributed by atoms with Gasteiger partial charge in [0.15, 0.2) is 0 Å². The van der Waals surface area contributed by atoms with Crippen molar-refractivity contribution in [1.82, 2.24) is 9.97 Å². The van der Waals surface area contributed by atoms with E-state index in [1.165, 1.54) is 6.33 Å². The Morgan fingerprint density at radius 1 is 1.35 bits per heavy atom. The third-order valence-electron chi connectivity index (χ3n) is 3.13. The first-order valence-electron chi connectivity index (χ1n) is 6.28. The van der Waals surface area contributed by atoms with Crippen molar-refractivity contribution in [2.24, 2.45) is 0 Å². The summed E-state index contributed by atoms with van der Waals surface area (Å²) in [4.78, 5) is 9.34. The summed E-state index contributed by atoms with van der Waals surface area (Å²) in [7, 11) is 0. The largest absolute Gasteiger partial charge is 0.463 e. The molecule has 0 saturated carbocycles. The third kappa shape index (κ3) is 2.39. The van der Waals surface area contributed by atoms with Crippen molar-refractivity contribution in [2.75, 3.05) is 11.9 Å². The molecule has 3 rings (SSSR count). The van der Waals surface area contributed by atoms with Crippen molar-refractivity contribution in [3.05, 3.63) is 41.4 Å². The molecule has 1 atom stereocenters. The molecule has 0 spiro atoms. The van der Waals surface area contributed by atoms with E-state index in [0.29, 0.717) is 12.3 Å². The number of nitrogens with one attached hydrogen (secondary N) is 1. The summed E-state index contributed by atoms with van der Waals surface area (Å²) in [5, 5.41) is 16.6. The van der Waals surface area contributed by atoms with Crippen LogP contribution in [0.15, 0.2) is 34.3 Å². The zero-order chi connectivity index (χ0) is 14.2. The molecule has 0 amide bonds. The third-order valence-corrected chi connectivity index (χ3v) is 3.95. The maximum Gasteiger partial charge on any atom is 0.138 e. The standard InChI is InChI=1S/C14H15N3O2S/c1-9-3-4-11(19-9)14(2,18)7-15-12-10-5-6-20-13(10)17-8-16-12/h3-6,8,18H,7H2,1-2H3,(H,15,16,17). The highest BCUT2D eigenvalue weighted by atomic mass is 32.1. The second-order valence-corrected chi connectivity index (χ2v) is 5.79. The Kier molecular flexibility index (Phi) is 3.19. The Bertz CT molecular complexity index is 733. The fourth-order valence-corrected chi connectivity index (χ4v) is 2.73. The Morgan fingerprint density at radius 3 is 2.95 bits per heavy atom. The Labute approximate surface area is 120 Å². The van der Waals surface area contributed by atoms with Gasteiger partial charge in [0.25, 0.3) is 0 Å². The lowest BCUT2D eigenvalue weighted by molar-refractivity contribution is 0.0467.